The Balaban J connectivity index is 1.31. The molecule has 0 N–H and O–H groups in total. The number of esters is 4. The number of benzene rings is 4. The molecule has 2 aliphatic rings. The van der Waals surface area contributed by atoms with Crippen LogP contribution in [-0.4, -0.2) is 61.9 Å². The maximum Gasteiger partial charge on any atom is 0.338 e. The topological polar surface area (TPSA) is 139 Å². The van der Waals surface area contributed by atoms with Gasteiger partial charge in [0.25, 0.3) is 0 Å². The van der Waals surface area contributed by atoms with Crippen LogP contribution >= 0.6 is 0 Å². The summed E-state index contributed by atoms with van der Waals surface area (Å²) in [5.74, 6) is -3.39. The van der Waals surface area contributed by atoms with E-state index in [0.29, 0.717) is 33.4 Å². The Hall–Kier alpha value is -7.20. The molecule has 6 rings (SSSR count). The number of ketones is 2. The Bertz CT molecular complexity index is 2240. The zero-order valence-electron chi connectivity index (χ0n) is 32.0. The highest BCUT2D eigenvalue weighted by Gasteiger charge is 2.33. The van der Waals surface area contributed by atoms with E-state index in [1.54, 1.807) is 60.7 Å². The number of fused-ring (bicyclic) bond motifs is 2. The molecular formula is C48H40O10. The third-order valence-electron chi connectivity index (χ3n) is 10.0. The number of hydrogen-bond acceptors (Lipinski definition) is 10. The summed E-state index contributed by atoms with van der Waals surface area (Å²) < 4.78 is 20.2. The van der Waals surface area contributed by atoms with E-state index in [4.69, 9.17) is 18.9 Å². The van der Waals surface area contributed by atoms with Gasteiger partial charge in [0.15, 0.2) is 11.6 Å². The fraction of sp³-hybridized carbons (Fsp3) is 0.167. The third kappa shape index (κ3) is 8.76. The van der Waals surface area contributed by atoms with Crippen LogP contribution in [-0.2, 0) is 28.5 Å². The van der Waals surface area contributed by atoms with Crippen LogP contribution in [0.15, 0.2) is 146 Å². The molecule has 2 atom stereocenters. The smallest absolute Gasteiger partial charge is 0.338 e. The van der Waals surface area contributed by atoms with Crippen LogP contribution in [0.5, 0.6) is 0 Å². The molecule has 292 valence electrons. The van der Waals surface area contributed by atoms with E-state index in [-0.39, 0.29) is 49.8 Å². The molecule has 10 heteroatoms. The van der Waals surface area contributed by atoms with Gasteiger partial charge in [0, 0.05) is 46.3 Å². The van der Waals surface area contributed by atoms with Gasteiger partial charge in [-0.2, -0.15) is 0 Å². The first kappa shape index (κ1) is 40.5. The molecule has 0 radical (unpaired) electrons. The first-order valence-electron chi connectivity index (χ1n) is 18.6. The molecule has 2 unspecified atom stereocenters. The van der Waals surface area contributed by atoms with E-state index in [1.807, 2.05) is 62.4 Å². The van der Waals surface area contributed by atoms with Crippen LogP contribution in [0.2, 0.25) is 0 Å². The van der Waals surface area contributed by atoms with Gasteiger partial charge in [-0.15, -0.1) is 0 Å². The average molecular weight is 777 g/mol. The highest BCUT2D eigenvalue weighted by molar-refractivity contribution is 6.24. The number of Topliss-reactive ketones (excluding diaryl/α,β-unsaturated/α-hetero) is 2. The van der Waals surface area contributed by atoms with Gasteiger partial charge in [0.1, 0.15) is 26.4 Å². The summed E-state index contributed by atoms with van der Waals surface area (Å²) in [6.07, 6.45) is 5.86. The Labute approximate surface area is 335 Å². The first-order chi connectivity index (χ1) is 28.0. The van der Waals surface area contributed by atoms with Crippen LogP contribution in [0, 0.1) is 0 Å². The van der Waals surface area contributed by atoms with Crippen molar-refractivity contribution in [1.29, 1.82) is 0 Å². The minimum absolute atomic E-state index is 0.0963. The van der Waals surface area contributed by atoms with E-state index in [2.05, 4.69) is 13.2 Å². The highest BCUT2D eigenvalue weighted by atomic mass is 16.6. The standard InChI is InChI=1S/C48H40O10/c1-5-43(49)55-23-25-57-47(53)33-19-15-31(16-20-33)29(3)39-27-41(35-11-7-9-13-37(35)45(39)51)42-28-40(46(52)38-14-10-8-12-36(38)42)30(4)32-17-21-34(22-18-32)48(54)58-26-24-56-44(50)6-2/h5-22,27-30H,1-2,23-26H2,3-4H3/b42-41+. The Morgan fingerprint density at radius 2 is 0.828 bits per heavy atom. The quantitative estimate of drug-likeness (QED) is 0.0533. The lowest BCUT2D eigenvalue weighted by Crippen LogP contribution is -2.19. The molecule has 58 heavy (non-hydrogen) atoms. The molecule has 0 aromatic heterocycles. The summed E-state index contributed by atoms with van der Waals surface area (Å²) in [6, 6.07) is 28.5. The van der Waals surface area contributed by atoms with E-state index < -0.39 is 23.9 Å². The molecule has 10 nitrogen and oxygen atoms in total. The van der Waals surface area contributed by atoms with Gasteiger partial charge in [-0.3, -0.25) is 9.59 Å². The number of rotatable bonds is 14. The summed E-state index contributed by atoms with van der Waals surface area (Å²) in [5, 5.41) is 0. The molecule has 2 aliphatic carbocycles. The number of ether oxygens (including phenoxy) is 4. The fourth-order valence-corrected chi connectivity index (χ4v) is 6.84. The molecule has 0 fully saturated rings. The summed E-state index contributed by atoms with van der Waals surface area (Å²) in [7, 11) is 0. The first-order valence-corrected chi connectivity index (χ1v) is 18.6. The summed E-state index contributed by atoms with van der Waals surface area (Å²) in [6.45, 7) is 10.1. The number of carbonyl (C=O) groups excluding carboxylic acids is 6. The maximum atomic E-state index is 14.2. The van der Waals surface area contributed by atoms with Crippen molar-refractivity contribution < 1.29 is 47.7 Å². The number of allylic oxidation sites excluding steroid dienone is 6. The number of hydrogen-bond donors (Lipinski definition) is 0. The van der Waals surface area contributed by atoms with Crippen LogP contribution in [0.25, 0.3) is 11.1 Å². The second-order valence-corrected chi connectivity index (χ2v) is 13.5. The normalized spacial score (nSPS) is 15.3. The highest BCUT2D eigenvalue weighted by Crippen LogP contribution is 2.44. The van der Waals surface area contributed by atoms with Crippen molar-refractivity contribution >= 4 is 46.6 Å². The molecule has 0 saturated carbocycles. The Morgan fingerprint density at radius 1 is 0.500 bits per heavy atom. The lowest BCUT2D eigenvalue weighted by Gasteiger charge is -2.28. The van der Waals surface area contributed by atoms with Gasteiger partial charge >= 0.3 is 23.9 Å². The van der Waals surface area contributed by atoms with Crippen LogP contribution < -0.4 is 0 Å². The zero-order chi connectivity index (χ0) is 41.3. The molecule has 0 aliphatic heterocycles. The molecule has 0 heterocycles. The SMILES string of the molecule is C=CC(=O)OCCOC(=O)c1ccc(C(C)C2=C/C(=C3/C=C(C(C)c4ccc(C(=O)OCCOC(=O)C=C)cc4)C(=O)c4ccccc43)c3ccccc3C2=O)cc1. The Morgan fingerprint density at radius 3 is 1.17 bits per heavy atom. The van der Waals surface area contributed by atoms with Gasteiger partial charge in [-0.05, 0) is 69.8 Å². The lowest BCUT2D eigenvalue weighted by molar-refractivity contribution is -0.139. The van der Waals surface area contributed by atoms with E-state index in [1.165, 1.54) is 0 Å². The van der Waals surface area contributed by atoms with E-state index >= 15 is 0 Å². The fourth-order valence-electron chi connectivity index (χ4n) is 6.84. The van der Waals surface area contributed by atoms with Crippen molar-refractivity contribution in [3.63, 3.8) is 0 Å². The van der Waals surface area contributed by atoms with Gasteiger partial charge in [0.05, 0.1) is 11.1 Å². The second-order valence-electron chi connectivity index (χ2n) is 13.5. The van der Waals surface area contributed by atoms with Crippen molar-refractivity contribution in [2.45, 2.75) is 25.7 Å². The molecule has 4 aromatic carbocycles. The van der Waals surface area contributed by atoms with Crippen LogP contribution in [0.1, 0.15) is 89.4 Å². The van der Waals surface area contributed by atoms with Gasteiger partial charge in [-0.25, -0.2) is 19.2 Å². The predicted octanol–water partition coefficient (Wildman–Crippen LogP) is 8.22. The Kier molecular flexibility index (Phi) is 12.7. The minimum Gasteiger partial charge on any atom is -0.459 e. The average Bonchev–Trinajstić information content (AvgIpc) is 3.26. The van der Waals surface area contributed by atoms with Crippen LogP contribution in [0.4, 0.5) is 0 Å². The monoisotopic (exact) mass is 776 g/mol. The van der Waals surface area contributed by atoms with Crippen LogP contribution in [0.3, 0.4) is 0 Å². The maximum absolute atomic E-state index is 14.2. The van der Waals surface area contributed by atoms with Crippen molar-refractivity contribution in [3.8, 4) is 0 Å². The predicted molar refractivity (Wildman–Crippen MR) is 217 cm³/mol. The molecule has 4 aromatic rings. The van der Waals surface area contributed by atoms with Gasteiger partial charge in [-0.1, -0.05) is 99.8 Å². The molecule has 0 saturated heterocycles. The van der Waals surface area contributed by atoms with Crippen molar-refractivity contribution in [1.82, 2.24) is 0 Å². The van der Waals surface area contributed by atoms with Crippen molar-refractivity contribution in [3.05, 3.63) is 190 Å². The lowest BCUT2D eigenvalue weighted by atomic mass is 9.74. The van der Waals surface area contributed by atoms with Crippen molar-refractivity contribution in [2.75, 3.05) is 26.4 Å². The van der Waals surface area contributed by atoms with E-state index in [0.717, 1.165) is 45.6 Å². The second kappa shape index (κ2) is 18.2. The summed E-state index contributed by atoms with van der Waals surface area (Å²) in [5.41, 5.74) is 7.41. The third-order valence-corrected chi connectivity index (χ3v) is 10.0. The zero-order valence-corrected chi connectivity index (χ0v) is 32.0. The van der Waals surface area contributed by atoms with E-state index in [9.17, 15) is 28.8 Å². The summed E-state index contributed by atoms with van der Waals surface area (Å²) in [4.78, 5) is 76.1. The van der Waals surface area contributed by atoms with Gasteiger partial charge in [0.2, 0.25) is 0 Å². The van der Waals surface area contributed by atoms with Gasteiger partial charge < -0.3 is 18.9 Å². The molecular weight excluding hydrogens is 737 g/mol. The molecule has 0 amide bonds. The minimum atomic E-state index is -0.608. The molecule has 0 bridgehead atoms. The van der Waals surface area contributed by atoms with Crippen molar-refractivity contribution in [2.24, 2.45) is 0 Å². The summed E-state index contributed by atoms with van der Waals surface area (Å²) >= 11 is 0. The largest absolute Gasteiger partial charge is 0.459 e. The molecule has 0 spiro atoms. The number of carbonyl (C=O) groups is 6.